The number of nitrogens with one attached hydrogen (secondary N) is 1. The van der Waals surface area contributed by atoms with Crippen molar-refractivity contribution in [3.8, 4) is 5.75 Å². The van der Waals surface area contributed by atoms with Crippen LogP contribution >= 0.6 is 0 Å². The summed E-state index contributed by atoms with van der Waals surface area (Å²) in [4.78, 5) is 11.4. The van der Waals surface area contributed by atoms with Gasteiger partial charge in [-0.15, -0.1) is 0 Å². The second-order valence-electron chi connectivity index (χ2n) is 4.66. The molecule has 16 heavy (non-hydrogen) atoms. The maximum absolute atomic E-state index is 11.4. The Balaban J connectivity index is 2.40. The molecule has 0 atom stereocenters. The lowest BCUT2D eigenvalue weighted by Crippen LogP contribution is -2.43. The normalized spacial score (nSPS) is 10.9. The highest BCUT2D eigenvalue weighted by Gasteiger charge is 2.13. The van der Waals surface area contributed by atoms with Crippen LogP contribution in [0.25, 0.3) is 0 Å². The molecule has 88 valence electrons. The fraction of sp³-hybridized carbons (Fsp3) is 0.417. The van der Waals surface area contributed by atoms with Gasteiger partial charge in [0.2, 0.25) is 0 Å². The van der Waals surface area contributed by atoms with Crippen LogP contribution in [0, 0.1) is 0 Å². The lowest BCUT2D eigenvalue weighted by atomic mass is 10.1. The van der Waals surface area contributed by atoms with E-state index >= 15 is 0 Å². The van der Waals surface area contributed by atoms with Gasteiger partial charge in [-0.05, 0) is 45.0 Å². The van der Waals surface area contributed by atoms with Gasteiger partial charge in [0.1, 0.15) is 5.75 Å². The summed E-state index contributed by atoms with van der Waals surface area (Å²) in [6.45, 7) is 5.79. The largest absolute Gasteiger partial charge is 0.484 e. The number of carbonyl (C=O) groups is 1. The Morgan fingerprint density at radius 1 is 1.31 bits per heavy atom. The van der Waals surface area contributed by atoms with E-state index in [1.165, 1.54) is 0 Å². The van der Waals surface area contributed by atoms with Crippen LogP contribution in [0.5, 0.6) is 5.75 Å². The van der Waals surface area contributed by atoms with E-state index in [1.807, 2.05) is 20.8 Å². The standard InChI is InChI=1S/C12H18N2O2/c1-12(2,3)14-11(15)8-16-10-6-4-9(13)5-7-10/h4-7H,8,13H2,1-3H3,(H,14,15). The number of hydrogen-bond acceptors (Lipinski definition) is 3. The highest BCUT2D eigenvalue weighted by molar-refractivity contribution is 5.78. The molecule has 4 nitrogen and oxygen atoms in total. The zero-order valence-corrected chi connectivity index (χ0v) is 9.91. The second kappa shape index (κ2) is 4.88. The number of hydrogen-bond donors (Lipinski definition) is 2. The molecule has 1 amide bonds. The van der Waals surface area contributed by atoms with Crippen molar-refractivity contribution in [2.45, 2.75) is 26.3 Å². The zero-order chi connectivity index (χ0) is 12.2. The van der Waals surface area contributed by atoms with Crippen molar-refractivity contribution in [2.75, 3.05) is 12.3 Å². The van der Waals surface area contributed by atoms with Gasteiger partial charge < -0.3 is 15.8 Å². The number of carbonyl (C=O) groups excluding carboxylic acids is 1. The topological polar surface area (TPSA) is 64.3 Å². The van der Waals surface area contributed by atoms with Crippen LogP contribution in [0.1, 0.15) is 20.8 Å². The molecule has 0 aliphatic heterocycles. The van der Waals surface area contributed by atoms with Crippen molar-refractivity contribution in [1.29, 1.82) is 0 Å². The Morgan fingerprint density at radius 3 is 2.38 bits per heavy atom. The van der Waals surface area contributed by atoms with Crippen LogP contribution in [-0.4, -0.2) is 18.1 Å². The van der Waals surface area contributed by atoms with Gasteiger partial charge in [0, 0.05) is 11.2 Å². The van der Waals surface area contributed by atoms with Crippen LogP contribution in [0.4, 0.5) is 5.69 Å². The predicted octanol–water partition coefficient (Wildman–Crippen LogP) is 1.56. The minimum atomic E-state index is -0.235. The molecule has 1 rings (SSSR count). The molecule has 0 aliphatic rings. The van der Waals surface area contributed by atoms with Crippen molar-refractivity contribution in [3.63, 3.8) is 0 Å². The summed E-state index contributed by atoms with van der Waals surface area (Å²) in [5.74, 6) is 0.502. The summed E-state index contributed by atoms with van der Waals surface area (Å²) in [6.07, 6.45) is 0. The summed E-state index contributed by atoms with van der Waals surface area (Å²) in [5.41, 5.74) is 5.97. The molecule has 0 radical (unpaired) electrons. The molecule has 0 bridgehead atoms. The van der Waals surface area contributed by atoms with E-state index in [-0.39, 0.29) is 18.1 Å². The molecule has 0 spiro atoms. The lowest BCUT2D eigenvalue weighted by Gasteiger charge is -2.20. The first-order chi connectivity index (χ1) is 7.37. The van der Waals surface area contributed by atoms with Gasteiger partial charge in [-0.25, -0.2) is 0 Å². The minimum Gasteiger partial charge on any atom is -0.484 e. The van der Waals surface area contributed by atoms with Crippen molar-refractivity contribution in [1.82, 2.24) is 5.32 Å². The van der Waals surface area contributed by atoms with E-state index in [1.54, 1.807) is 24.3 Å². The fourth-order valence-corrected chi connectivity index (χ4v) is 1.17. The Morgan fingerprint density at radius 2 is 1.88 bits per heavy atom. The Labute approximate surface area is 95.8 Å². The van der Waals surface area contributed by atoms with Gasteiger partial charge in [0.15, 0.2) is 6.61 Å². The number of nitrogen functional groups attached to an aromatic ring is 1. The first-order valence-electron chi connectivity index (χ1n) is 5.16. The average Bonchev–Trinajstić information content (AvgIpc) is 2.14. The third-order valence-electron chi connectivity index (χ3n) is 1.76. The Hall–Kier alpha value is -1.71. The molecular weight excluding hydrogens is 204 g/mol. The maximum Gasteiger partial charge on any atom is 0.258 e. The number of benzene rings is 1. The van der Waals surface area contributed by atoms with Crippen LogP contribution in [0.3, 0.4) is 0 Å². The van der Waals surface area contributed by atoms with E-state index in [4.69, 9.17) is 10.5 Å². The van der Waals surface area contributed by atoms with Crippen molar-refractivity contribution >= 4 is 11.6 Å². The van der Waals surface area contributed by atoms with E-state index in [2.05, 4.69) is 5.32 Å². The molecule has 4 heteroatoms. The highest BCUT2D eigenvalue weighted by Crippen LogP contribution is 2.12. The molecule has 0 heterocycles. The van der Waals surface area contributed by atoms with Crippen molar-refractivity contribution < 1.29 is 9.53 Å². The molecule has 0 fully saturated rings. The lowest BCUT2D eigenvalue weighted by molar-refractivity contribution is -0.124. The van der Waals surface area contributed by atoms with Crippen molar-refractivity contribution in [2.24, 2.45) is 0 Å². The van der Waals surface area contributed by atoms with Gasteiger partial charge in [0.25, 0.3) is 5.91 Å². The summed E-state index contributed by atoms with van der Waals surface area (Å²) in [5, 5.41) is 2.81. The van der Waals surface area contributed by atoms with Crippen LogP contribution < -0.4 is 15.8 Å². The van der Waals surface area contributed by atoms with Gasteiger partial charge in [-0.1, -0.05) is 0 Å². The summed E-state index contributed by atoms with van der Waals surface area (Å²) in [6, 6.07) is 6.94. The number of amides is 1. The highest BCUT2D eigenvalue weighted by atomic mass is 16.5. The predicted molar refractivity (Wildman–Crippen MR) is 64.2 cm³/mol. The number of rotatable bonds is 3. The third kappa shape index (κ3) is 4.68. The summed E-state index contributed by atoms with van der Waals surface area (Å²) >= 11 is 0. The van der Waals surface area contributed by atoms with Crippen molar-refractivity contribution in [3.05, 3.63) is 24.3 Å². The molecule has 0 saturated heterocycles. The Kier molecular flexibility index (Phi) is 3.77. The monoisotopic (exact) mass is 222 g/mol. The third-order valence-corrected chi connectivity index (χ3v) is 1.76. The fourth-order valence-electron chi connectivity index (χ4n) is 1.17. The number of ether oxygens (including phenoxy) is 1. The first kappa shape index (κ1) is 12.4. The molecule has 0 aliphatic carbocycles. The zero-order valence-electron chi connectivity index (χ0n) is 9.91. The summed E-state index contributed by atoms with van der Waals surface area (Å²) < 4.78 is 5.30. The molecule has 0 saturated carbocycles. The molecule has 0 unspecified atom stereocenters. The summed E-state index contributed by atoms with van der Waals surface area (Å²) in [7, 11) is 0. The minimum absolute atomic E-state index is 0.0151. The SMILES string of the molecule is CC(C)(C)NC(=O)COc1ccc(N)cc1. The van der Waals surface area contributed by atoms with E-state index < -0.39 is 0 Å². The van der Waals surface area contributed by atoms with Crippen LogP contribution in [-0.2, 0) is 4.79 Å². The number of nitrogens with two attached hydrogens (primary N) is 1. The van der Waals surface area contributed by atoms with E-state index in [0.717, 1.165) is 0 Å². The maximum atomic E-state index is 11.4. The van der Waals surface area contributed by atoms with Gasteiger partial charge in [-0.2, -0.15) is 0 Å². The molecular formula is C12H18N2O2. The van der Waals surface area contributed by atoms with Crippen LogP contribution in [0.2, 0.25) is 0 Å². The van der Waals surface area contributed by atoms with Gasteiger partial charge in [-0.3, -0.25) is 4.79 Å². The smallest absolute Gasteiger partial charge is 0.258 e. The van der Waals surface area contributed by atoms with E-state index in [9.17, 15) is 4.79 Å². The second-order valence-corrected chi connectivity index (χ2v) is 4.66. The quantitative estimate of drug-likeness (QED) is 0.763. The van der Waals surface area contributed by atoms with Gasteiger partial charge in [0.05, 0.1) is 0 Å². The molecule has 1 aromatic rings. The van der Waals surface area contributed by atoms with Gasteiger partial charge >= 0.3 is 0 Å². The number of anilines is 1. The van der Waals surface area contributed by atoms with E-state index in [0.29, 0.717) is 11.4 Å². The molecule has 3 N–H and O–H groups in total. The van der Waals surface area contributed by atoms with Crippen LogP contribution in [0.15, 0.2) is 24.3 Å². The molecule has 0 aromatic heterocycles. The first-order valence-corrected chi connectivity index (χ1v) is 5.16. The average molecular weight is 222 g/mol. The molecule has 1 aromatic carbocycles. The Bertz CT molecular complexity index is 352.